The van der Waals surface area contributed by atoms with Crippen LogP contribution in [0.2, 0.25) is 0 Å². The molecule has 0 aromatic heterocycles. The average Bonchev–Trinajstić information content (AvgIpc) is 2.39. The van der Waals surface area contributed by atoms with Gasteiger partial charge in [-0.3, -0.25) is 4.79 Å². The molecule has 2 N–H and O–H groups in total. The fourth-order valence-electron chi connectivity index (χ4n) is 1.79. The van der Waals surface area contributed by atoms with Gasteiger partial charge in [0.1, 0.15) is 0 Å². The van der Waals surface area contributed by atoms with E-state index in [9.17, 15) is 4.79 Å². The van der Waals surface area contributed by atoms with Crippen LogP contribution in [0.25, 0.3) is 0 Å². The number of nitrogens with one attached hydrogen (secondary N) is 2. The topological polar surface area (TPSA) is 41.1 Å². The summed E-state index contributed by atoms with van der Waals surface area (Å²) in [6.45, 7) is 6.79. The van der Waals surface area contributed by atoms with E-state index < -0.39 is 0 Å². The monoisotopic (exact) mass is 262 g/mol. The molecule has 19 heavy (non-hydrogen) atoms. The maximum absolute atomic E-state index is 11.5. The number of carbonyl (C=O) groups is 1. The summed E-state index contributed by atoms with van der Waals surface area (Å²) in [4.78, 5) is 11.5. The number of rotatable bonds is 9. The first kappa shape index (κ1) is 15.7. The van der Waals surface area contributed by atoms with Crippen LogP contribution in [0.1, 0.15) is 32.3 Å². The van der Waals surface area contributed by atoms with Gasteiger partial charge < -0.3 is 10.6 Å². The van der Waals surface area contributed by atoms with E-state index in [1.807, 2.05) is 6.07 Å². The predicted molar refractivity (Wildman–Crippen MR) is 80.1 cm³/mol. The van der Waals surface area contributed by atoms with Gasteiger partial charge in [-0.25, -0.2) is 0 Å². The Kier molecular flexibility index (Phi) is 7.91. The molecule has 0 aliphatic rings. The highest BCUT2D eigenvalue weighted by atomic mass is 16.1. The van der Waals surface area contributed by atoms with Gasteiger partial charge in [-0.05, 0) is 30.9 Å². The van der Waals surface area contributed by atoms with Gasteiger partial charge in [-0.2, -0.15) is 0 Å². The fourth-order valence-corrected chi connectivity index (χ4v) is 1.79. The Bertz CT molecular complexity index is 349. The smallest absolute Gasteiger partial charge is 0.221 e. The van der Waals surface area contributed by atoms with Crippen molar-refractivity contribution in [2.75, 3.05) is 19.6 Å². The molecule has 0 heterocycles. The van der Waals surface area contributed by atoms with E-state index in [2.05, 4.69) is 48.7 Å². The largest absolute Gasteiger partial charge is 0.356 e. The van der Waals surface area contributed by atoms with E-state index in [0.29, 0.717) is 12.3 Å². The van der Waals surface area contributed by atoms with Gasteiger partial charge in [0, 0.05) is 19.5 Å². The second kappa shape index (κ2) is 9.56. The van der Waals surface area contributed by atoms with Crippen molar-refractivity contribution in [1.29, 1.82) is 0 Å². The summed E-state index contributed by atoms with van der Waals surface area (Å²) in [5.41, 5.74) is 1.33. The highest BCUT2D eigenvalue weighted by Gasteiger charge is 2.01. The van der Waals surface area contributed by atoms with Crippen LogP contribution in [0.15, 0.2) is 30.3 Å². The van der Waals surface area contributed by atoms with Gasteiger partial charge >= 0.3 is 0 Å². The summed E-state index contributed by atoms with van der Waals surface area (Å²) in [6, 6.07) is 10.4. The third kappa shape index (κ3) is 8.38. The minimum Gasteiger partial charge on any atom is -0.356 e. The maximum atomic E-state index is 11.5. The first-order chi connectivity index (χ1) is 9.18. The summed E-state index contributed by atoms with van der Waals surface area (Å²) in [6.07, 6.45) is 2.62. The first-order valence-electron chi connectivity index (χ1n) is 7.20. The quantitative estimate of drug-likeness (QED) is 0.671. The van der Waals surface area contributed by atoms with Gasteiger partial charge in [0.05, 0.1) is 0 Å². The van der Waals surface area contributed by atoms with Crippen molar-refractivity contribution < 1.29 is 4.79 Å². The molecule has 0 radical (unpaired) electrons. The van der Waals surface area contributed by atoms with Crippen molar-refractivity contribution in [3.63, 3.8) is 0 Å². The van der Waals surface area contributed by atoms with Crippen molar-refractivity contribution in [2.45, 2.75) is 33.1 Å². The Morgan fingerprint density at radius 2 is 1.84 bits per heavy atom. The molecule has 0 bridgehead atoms. The standard InChI is InChI=1S/C16H26N2O/c1-14(2)8-13-18-16(19)10-12-17-11-9-15-6-4-3-5-7-15/h3-7,14,17H,8-13H2,1-2H3,(H,18,19). The highest BCUT2D eigenvalue weighted by Crippen LogP contribution is 1.98. The van der Waals surface area contributed by atoms with Crippen molar-refractivity contribution in [3.8, 4) is 0 Å². The lowest BCUT2D eigenvalue weighted by Crippen LogP contribution is -2.29. The molecule has 0 atom stereocenters. The molecule has 0 spiro atoms. The highest BCUT2D eigenvalue weighted by molar-refractivity contribution is 5.75. The molecule has 1 aromatic rings. The van der Waals surface area contributed by atoms with Crippen molar-refractivity contribution >= 4 is 5.91 Å². The van der Waals surface area contributed by atoms with Crippen LogP contribution in [-0.2, 0) is 11.2 Å². The number of amides is 1. The van der Waals surface area contributed by atoms with Crippen LogP contribution in [-0.4, -0.2) is 25.5 Å². The van der Waals surface area contributed by atoms with Gasteiger partial charge in [0.25, 0.3) is 0 Å². The second-order valence-electron chi connectivity index (χ2n) is 5.27. The number of hydrogen-bond acceptors (Lipinski definition) is 2. The minimum atomic E-state index is 0.146. The summed E-state index contributed by atoms with van der Waals surface area (Å²) in [5.74, 6) is 0.789. The third-order valence-electron chi connectivity index (χ3n) is 3.01. The Labute approximate surface area is 116 Å². The van der Waals surface area contributed by atoms with Crippen LogP contribution in [0, 0.1) is 5.92 Å². The summed E-state index contributed by atoms with van der Waals surface area (Å²) in [7, 11) is 0. The predicted octanol–water partition coefficient (Wildman–Crippen LogP) is 2.37. The molecular weight excluding hydrogens is 236 g/mol. The van der Waals surface area contributed by atoms with E-state index in [-0.39, 0.29) is 5.91 Å². The lowest BCUT2D eigenvalue weighted by Gasteiger charge is -2.08. The fraction of sp³-hybridized carbons (Fsp3) is 0.562. The second-order valence-corrected chi connectivity index (χ2v) is 5.27. The number of hydrogen-bond donors (Lipinski definition) is 2. The zero-order chi connectivity index (χ0) is 13.9. The van der Waals surface area contributed by atoms with E-state index in [4.69, 9.17) is 0 Å². The number of carbonyl (C=O) groups excluding carboxylic acids is 1. The normalized spacial score (nSPS) is 10.7. The Balaban J connectivity index is 1.97. The Morgan fingerprint density at radius 3 is 2.53 bits per heavy atom. The molecule has 1 rings (SSSR count). The van der Waals surface area contributed by atoms with Crippen LogP contribution < -0.4 is 10.6 Å². The number of benzene rings is 1. The van der Waals surface area contributed by atoms with Gasteiger partial charge in [-0.1, -0.05) is 44.2 Å². The molecule has 1 aromatic carbocycles. The minimum absolute atomic E-state index is 0.146. The average molecular weight is 262 g/mol. The molecule has 0 unspecified atom stereocenters. The first-order valence-corrected chi connectivity index (χ1v) is 7.20. The van der Waals surface area contributed by atoms with Crippen LogP contribution >= 0.6 is 0 Å². The van der Waals surface area contributed by atoms with E-state index >= 15 is 0 Å². The maximum Gasteiger partial charge on any atom is 0.221 e. The van der Waals surface area contributed by atoms with E-state index in [0.717, 1.165) is 32.5 Å². The van der Waals surface area contributed by atoms with Gasteiger partial charge in [0.2, 0.25) is 5.91 Å². The lowest BCUT2D eigenvalue weighted by molar-refractivity contribution is -0.121. The van der Waals surface area contributed by atoms with Gasteiger partial charge in [-0.15, -0.1) is 0 Å². The van der Waals surface area contributed by atoms with E-state index in [1.54, 1.807) is 0 Å². The van der Waals surface area contributed by atoms with Crippen LogP contribution in [0.4, 0.5) is 0 Å². The van der Waals surface area contributed by atoms with Gasteiger partial charge in [0.15, 0.2) is 0 Å². The molecule has 3 nitrogen and oxygen atoms in total. The Morgan fingerprint density at radius 1 is 1.11 bits per heavy atom. The molecule has 1 amide bonds. The molecule has 106 valence electrons. The SMILES string of the molecule is CC(C)CCNC(=O)CCNCCc1ccccc1. The van der Waals surface area contributed by atoms with Crippen LogP contribution in [0.3, 0.4) is 0 Å². The lowest BCUT2D eigenvalue weighted by atomic mass is 10.1. The zero-order valence-corrected chi connectivity index (χ0v) is 12.1. The molecule has 3 heteroatoms. The molecule has 0 saturated carbocycles. The Hall–Kier alpha value is -1.35. The summed E-state index contributed by atoms with van der Waals surface area (Å²) < 4.78 is 0. The van der Waals surface area contributed by atoms with Crippen molar-refractivity contribution in [2.24, 2.45) is 5.92 Å². The van der Waals surface area contributed by atoms with E-state index in [1.165, 1.54) is 5.56 Å². The molecule has 0 aliphatic carbocycles. The molecule has 0 aliphatic heterocycles. The molecule has 0 saturated heterocycles. The molecule has 0 fully saturated rings. The zero-order valence-electron chi connectivity index (χ0n) is 12.1. The van der Waals surface area contributed by atoms with Crippen LogP contribution in [0.5, 0.6) is 0 Å². The molecular formula is C16H26N2O. The summed E-state index contributed by atoms with van der Waals surface area (Å²) >= 11 is 0. The van der Waals surface area contributed by atoms with Crippen molar-refractivity contribution in [3.05, 3.63) is 35.9 Å². The van der Waals surface area contributed by atoms with Crippen molar-refractivity contribution in [1.82, 2.24) is 10.6 Å². The summed E-state index contributed by atoms with van der Waals surface area (Å²) in [5, 5.41) is 6.25. The third-order valence-corrected chi connectivity index (χ3v) is 3.01.